The SMILES string of the molecule is Cc1ccccc1N1CCN(Cc2ncco2)CC1. The molecule has 2 aromatic rings. The maximum absolute atomic E-state index is 5.30. The monoisotopic (exact) mass is 257 g/mol. The molecule has 0 unspecified atom stereocenters. The van der Waals surface area contributed by atoms with Crippen molar-refractivity contribution in [1.82, 2.24) is 9.88 Å². The zero-order valence-electron chi connectivity index (χ0n) is 11.2. The normalized spacial score (nSPS) is 16.8. The van der Waals surface area contributed by atoms with Crippen LogP contribution in [0.3, 0.4) is 0 Å². The van der Waals surface area contributed by atoms with Gasteiger partial charge in [-0.15, -0.1) is 0 Å². The molecule has 0 saturated carbocycles. The predicted octanol–water partition coefficient (Wildman–Crippen LogP) is 2.31. The summed E-state index contributed by atoms with van der Waals surface area (Å²) in [7, 11) is 0. The first kappa shape index (κ1) is 12.2. The molecule has 4 heteroatoms. The molecule has 1 aromatic heterocycles. The fraction of sp³-hybridized carbons (Fsp3) is 0.400. The van der Waals surface area contributed by atoms with Gasteiger partial charge in [-0.1, -0.05) is 18.2 Å². The lowest BCUT2D eigenvalue weighted by molar-refractivity contribution is 0.226. The highest BCUT2D eigenvalue weighted by molar-refractivity contribution is 5.53. The van der Waals surface area contributed by atoms with Crippen molar-refractivity contribution in [3.8, 4) is 0 Å². The van der Waals surface area contributed by atoms with Crippen LogP contribution in [0.25, 0.3) is 0 Å². The van der Waals surface area contributed by atoms with Crippen molar-refractivity contribution in [3.05, 3.63) is 48.2 Å². The van der Waals surface area contributed by atoms with E-state index in [1.54, 1.807) is 12.5 Å². The molecule has 100 valence electrons. The molecule has 1 aliphatic rings. The van der Waals surface area contributed by atoms with Gasteiger partial charge in [0.25, 0.3) is 0 Å². The highest BCUT2D eigenvalue weighted by atomic mass is 16.3. The standard InChI is InChI=1S/C15H19N3O/c1-13-4-2-3-5-14(13)18-9-7-17(8-10-18)12-15-16-6-11-19-15/h2-6,11H,7-10,12H2,1H3. The summed E-state index contributed by atoms with van der Waals surface area (Å²) >= 11 is 0. The van der Waals surface area contributed by atoms with E-state index in [1.165, 1.54) is 11.3 Å². The van der Waals surface area contributed by atoms with Crippen molar-refractivity contribution in [2.24, 2.45) is 0 Å². The maximum Gasteiger partial charge on any atom is 0.208 e. The number of oxazole rings is 1. The number of hydrogen-bond donors (Lipinski definition) is 0. The number of benzene rings is 1. The van der Waals surface area contributed by atoms with Crippen molar-refractivity contribution in [3.63, 3.8) is 0 Å². The molecule has 0 amide bonds. The third kappa shape index (κ3) is 2.79. The molecule has 3 rings (SSSR count). The van der Waals surface area contributed by atoms with E-state index in [-0.39, 0.29) is 0 Å². The molecule has 1 fully saturated rings. The van der Waals surface area contributed by atoms with Crippen molar-refractivity contribution in [2.45, 2.75) is 13.5 Å². The molecular formula is C15H19N3O. The van der Waals surface area contributed by atoms with E-state index in [0.29, 0.717) is 0 Å². The van der Waals surface area contributed by atoms with Gasteiger partial charge in [-0.05, 0) is 18.6 Å². The molecule has 1 aliphatic heterocycles. The second-order valence-corrected chi connectivity index (χ2v) is 4.98. The van der Waals surface area contributed by atoms with Crippen molar-refractivity contribution < 1.29 is 4.42 Å². The van der Waals surface area contributed by atoms with Gasteiger partial charge in [-0.25, -0.2) is 4.98 Å². The topological polar surface area (TPSA) is 32.5 Å². The van der Waals surface area contributed by atoms with Gasteiger partial charge < -0.3 is 9.32 Å². The second kappa shape index (κ2) is 5.45. The van der Waals surface area contributed by atoms with Crippen LogP contribution in [0.4, 0.5) is 5.69 Å². The lowest BCUT2D eigenvalue weighted by Gasteiger charge is -2.36. The Morgan fingerprint density at radius 1 is 1.16 bits per heavy atom. The summed E-state index contributed by atoms with van der Waals surface area (Å²) in [5, 5.41) is 0. The molecule has 0 radical (unpaired) electrons. The maximum atomic E-state index is 5.30. The molecule has 1 saturated heterocycles. The molecular weight excluding hydrogens is 238 g/mol. The first-order valence-electron chi connectivity index (χ1n) is 6.74. The molecule has 0 atom stereocenters. The summed E-state index contributed by atoms with van der Waals surface area (Å²) in [5.74, 6) is 0.810. The van der Waals surface area contributed by atoms with E-state index in [4.69, 9.17) is 4.42 Å². The van der Waals surface area contributed by atoms with Gasteiger partial charge in [-0.2, -0.15) is 0 Å². The quantitative estimate of drug-likeness (QED) is 0.844. The largest absolute Gasteiger partial charge is 0.448 e. The van der Waals surface area contributed by atoms with Crippen LogP contribution in [0.15, 0.2) is 41.1 Å². The minimum atomic E-state index is 0.810. The number of piperazine rings is 1. The number of nitrogens with zero attached hydrogens (tertiary/aromatic N) is 3. The zero-order chi connectivity index (χ0) is 13.1. The smallest absolute Gasteiger partial charge is 0.208 e. The van der Waals surface area contributed by atoms with E-state index in [1.807, 2.05) is 0 Å². The fourth-order valence-corrected chi connectivity index (χ4v) is 2.59. The van der Waals surface area contributed by atoms with Crippen LogP contribution in [0.1, 0.15) is 11.5 Å². The Labute approximate surface area is 113 Å². The Bertz CT molecular complexity index is 516. The van der Waals surface area contributed by atoms with Gasteiger partial charge in [0, 0.05) is 31.9 Å². The van der Waals surface area contributed by atoms with Gasteiger partial charge in [0.2, 0.25) is 5.89 Å². The number of aryl methyl sites for hydroxylation is 1. The molecule has 2 heterocycles. The Balaban J connectivity index is 1.59. The zero-order valence-corrected chi connectivity index (χ0v) is 11.2. The summed E-state index contributed by atoms with van der Waals surface area (Å²) in [6.07, 6.45) is 3.35. The minimum Gasteiger partial charge on any atom is -0.448 e. The van der Waals surface area contributed by atoms with Crippen LogP contribution in [-0.2, 0) is 6.54 Å². The van der Waals surface area contributed by atoms with Gasteiger partial charge in [0.15, 0.2) is 0 Å². The summed E-state index contributed by atoms with van der Waals surface area (Å²) in [5.41, 5.74) is 2.71. The molecule has 0 N–H and O–H groups in total. The lowest BCUT2D eigenvalue weighted by Crippen LogP contribution is -2.46. The number of rotatable bonds is 3. The van der Waals surface area contributed by atoms with Crippen molar-refractivity contribution in [1.29, 1.82) is 0 Å². The van der Waals surface area contributed by atoms with E-state index < -0.39 is 0 Å². The van der Waals surface area contributed by atoms with Crippen molar-refractivity contribution >= 4 is 5.69 Å². The number of hydrogen-bond acceptors (Lipinski definition) is 4. The minimum absolute atomic E-state index is 0.810. The molecule has 0 aliphatic carbocycles. The van der Waals surface area contributed by atoms with Crippen LogP contribution in [0, 0.1) is 6.92 Å². The van der Waals surface area contributed by atoms with Gasteiger partial charge >= 0.3 is 0 Å². The molecule has 0 bridgehead atoms. The average molecular weight is 257 g/mol. The number of anilines is 1. The summed E-state index contributed by atoms with van der Waals surface area (Å²) in [4.78, 5) is 9.03. The highest BCUT2D eigenvalue weighted by Gasteiger charge is 2.19. The first-order chi connectivity index (χ1) is 9.33. The van der Waals surface area contributed by atoms with Crippen molar-refractivity contribution in [2.75, 3.05) is 31.1 Å². The Kier molecular flexibility index (Phi) is 3.51. The molecule has 4 nitrogen and oxygen atoms in total. The van der Waals surface area contributed by atoms with Crippen LogP contribution in [-0.4, -0.2) is 36.1 Å². The second-order valence-electron chi connectivity index (χ2n) is 4.98. The van der Waals surface area contributed by atoms with E-state index in [9.17, 15) is 0 Å². The third-order valence-corrected chi connectivity index (χ3v) is 3.67. The average Bonchev–Trinajstić information content (AvgIpc) is 2.93. The summed E-state index contributed by atoms with van der Waals surface area (Å²) in [6, 6.07) is 8.59. The van der Waals surface area contributed by atoms with Crippen LogP contribution < -0.4 is 4.90 Å². The summed E-state index contributed by atoms with van der Waals surface area (Å²) < 4.78 is 5.30. The van der Waals surface area contributed by atoms with Gasteiger partial charge in [0.05, 0.1) is 12.7 Å². The van der Waals surface area contributed by atoms with E-state index in [0.717, 1.165) is 38.6 Å². The van der Waals surface area contributed by atoms with Crippen LogP contribution in [0.5, 0.6) is 0 Å². The van der Waals surface area contributed by atoms with E-state index >= 15 is 0 Å². The van der Waals surface area contributed by atoms with Gasteiger partial charge in [0.1, 0.15) is 6.26 Å². The highest BCUT2D eigenvalue weighted by Crippen LogP contribution is 2.21. The Morgan fingerprint density at radius 3 is 2.63 bits per heavy atom. The number of aromatic nitrogens is 1. The lowest BCUT2D eigenvalue weighted by atomic mass is 10.1. The number of para-hydroxylation sites is 1. The fourth-order valence-electron chi connectivity index (χ4n) is 2.59. The summed E-state index contributed by atoms with van der Waals surface area (Å²) in [6.45, 7) is 7.22. The van der Waals surface area contributed by atoms with Crippen LogP contribution in [0.2, 0.25) is 0 Å². The van der Waals surface area contributed by atoms with E-state index in [2.05, 4.69) is 46.0 Å². The molecule has 1 aromatic carbocycles. The Morgan fingerprint density at radius 2 is 1.95 bits per heavy atom. The third-order valence-electron chi connectivity index (χ3n) is 3.67. The first-order valence-corrected chi connectivity index (χ1v) is 6.74. The molecule has 19 heavy (non-hydrogen) atoms. The molecule has 0 spiro atoms. The van der Waals surface area contributed by atoms with Gasteiger partial charge in [-0.3, -0.25) is 4.90 Å². The predicted molar refractivity (Wildman–Crippen MR) is 75.2 cm³/mol. The Hall–Kier alpha value is -1.81. The van der Waals surface area contributed by atoms with Crippen LogP contribution >= 0.6 is 0 Å².